The van der Waals surface area contributed by atoms with Gasteiger partial charge in [0.05, 0.1) is 19.1 Å². The Hall–Kier alpha value is -2.34. The summed E-state index contributed by atoms with van der Waals surface area (Å²) in [5, 5.41) is 1.79. The first-order valence-corrected chi connectivity index (χ1v) is 7.40. The molecule has 1 heterocycles. The van der Waals surface area contributed by atoms with Gasteiger partial charge in [-0.05, 0) is 23.6 Å². The van der Waals surface area contributed by atoms with E-state index in [4.69, 9.17) is 14.2 Å². The molecule has 0 spiro atoms. The summed E-state index contributed by atoms with van der Waals surface area (Å²) in [6.07, 6.45) is 0.0980. The van der Waals surface area contributed by atoms with Crippen LogP contribution in [0.5, 0.6) is 11.5 Å². The first kappa shape index (κ1) is 16.0. The molecule has 0 bridgehead atoms. The van der Waals surface area contributed by atoms with E-state index in [-0.39, 0.29) is 0 Å². The van der Waals surface area contributed by atoms with Crippen molar-refractivity contribution in [3.63, 3.8) is 0 Å². The normalized spacial score (nSPS) is 11.6. The third-order valence-electron chi connectivity index (χ3n) is 3.11. The predicted molar refractivity (Wildman–Crippen MR) is 82.9 cm³/mol. The van der Waals surface area contributed by atoms with Gasteiger partial charge >= 0.3 is 5.97 Å². The molecule has 1 atom stereocenters. The minimum absolute atomic E-state index is 0.428. The molecule has 5 nitrogen and oxygen atoms in total. The summed E-state index contributed by atoms with van der Waals surface area (Å²) >= 11 is 1.30. The van der Waals surface area contributed by atoms with Crippen LogP contribution < -0.4 is 9.47 Å². The van der Waals surface area contributed by atoms with Gasteiger partial charge in [0.25, 0.3) is 0 Å². The SMILES string of the molecule is COc1ccc(C(OC(C)=O)c2ccsc2C=O)cc1OC. The van der Waals surface area contributed by atoms with Crippen LogP contribution in [-0.2, 0) is 9.53 Å². The molecule has 2 rings (SSSR count). The van der Waals surface area contributed by atoms with Gasteiger partial charge in [0.15, 0.2) is 23.9 Å². The second-order valence-corrected chi connectivity index (χ2v) is 5.41. The summed E-state index contributed by atoms with van der Waals surface area (Å²) in [5.41, 5.74) is 1.36. The Kier molecular flexibility index (Phi) is 5.16. The molecule has 0 aliphatic heterocycles. The number of rotatable bonds is 6. The average Bonchev–Trinajstić information content (AvgIpc) is 3.00. The standard InChI is InChI=1S/C16H16O5S/c1-10(18)21-16(12-6-7-22-15(12)9-17)11-4-5-13(19-2)14(8-11)20-3/h4-9,16H,1-3H3. The van der Waals surface area contributed by atoms with E-state index in [0.29, 0.717) is 27.5 Å². The van der Waals surface area contributed by atoms with E-state index in [2.05, 4.69) is 0 Å². The molecule has 116 valence electrons. The summed E-state index contributed by atoms with van der Waals surface area (Å²) in [6.45, 7) is 1.33. The number of thiophene rings is 1. The van der Waals surface area contributed by atoms with E-state index >= 15 is 0 Å². The number of methoxy groups -OCH3 is 2. The summed E-state index contributed by atoms with van der Waals surface area (Å²) in [4.78, 5) is 23.1. The molecule has 1 aromatic carbocycles. The first-order chi connectivity index (χ1) is 10.6. The Morgan fingerprint density at radius 3 is 2.50 bits per heavy atom. The molecule has 0 fully saturated rings. The van der Waals surface area contributed by atoms with Gasteiger partial charge in [0, 0.05) is 18.1 Å². The van der Waals surface area contributed by atoms with Crippen LogP contribution in [0.4, 0.5) is 0 Å². The van der Waals surface area contributed by atoms with Crippen molar-refractivity contribution in [3.8, 4) is 11.5 Å². The number of aldehydes is 1. The monoisotopic (exact) mass is 320 g/mol. The lowest BCUT2D eigenvalue weighted by molar-refractivity contribution is -0.144. The van der Waals surface area contributed by atoms with Crippen LogP contribution in [0, 0.1) is 0 Å². The molecule has 0 saturated carbocycles. The van der Waals surface area contributed by atoms with Crippen LogP contribution in [0.15, 0.2) is 29.6 Å². The smallest absolute Gasteiger partial charge is 0.303 e. The van der Waals surface area contributed by atoms with E-state index in [0.717, 1.165) is 6.29 Å². The molecule has 0 N–H and O–H groups in total. The number of benzene rings is 1. The minimum atomic E-state index is -0.663. The maximum absolute atomic E-state index is 11.4. The maximum Gasteiger partial charge on any atom is 0.303 e. The van der Waals surface area contributed by atoms with Crippen molar-refractivity contribution in [1.29, 1.82) is 0 Å². The molecule has 0 aliphatic rings. The predicted octanol–water partition coefficient (Wildman–Crippen LogP) is 3.23. The number of carbonyl (C=O) groups is 2. The average molecular weight is 320 g/mol. The highest BCUT2D eigenvalue weighted by atomic mass is 32.1. The Balaban J connectivity index is 2.50. The fraction of sp³-hybridized carbons (Fsp3) is 0.250. The topological polar surface area (TPSA) is 61.8 Å². The van der Waals surface area contributed by atoms with Crippen molar-refractivity contribution in [2.24, 2.45) is 0 Å². The van der Waals surface area contributed by atoms with E-state index in [1.54, 1.807) is 36.8 Å². The van der Waals surface area contributed by atoms with Crippen molar-refractivity contribution in [2.75, 3.05) is 14.2 Å². The van der Waals surface area contributed by atoms with Crippen molar-refractivity contribution in [1.82, 2.24) is 0 Å². The van der Waals surface area contributed by atoms with Gasteiger partial charge in [0.2, 0.25) is 0 Å². The van der Waals surface area contributed by atoms with Crippen molar-refractivity contribution in [3.05, 3.63) is 45.6 Å². The zero-order valence-electron chi connectivity index (χ0n) is 12.5. The fourth-order valence-electron chi connectivity index (χ4n) is 2.14. The third kappa shape index (κ3) is 3.28. The van der Waals surface area contributed by atoms with Crippen LogP contribution in [0.2, 0.25) is 0 Å². The number of hydrogen-bond acceptors (Lipinski definition) is 6. The zero-order valence-corrected chi connectivity index (χ0v) is 13.3. The highest BCUT2D eigenvalue weighted by molar-refractivity contribution is 7.11. The summed E-state index contributed by atoms with van der Waals surface area (Å²) in [6, 6.07) is 7.02. The van der Waals surface area contributed by atoms with Gasteiger partial charge in [-0.2, -0.15) is 0 Å². The van der Waals surface area contributed by atoms with E-state index in [1.807, 2.05) is 0 Å². The van der Waals surface area contributed by atoms with Gasteiger partial charge < -0.3 is 14.2 Å². The number of hydrogen-bond donors (Lipinski definition) is 0. The Bertz CT molecular complexity index is 677. The maximum atomic E-state index is 11.4. The highest BCUT2D eigenvalue weighted by Gasteiger charge is 2.23. The van der Waals surface area contributed by atoms with Gasteiger partial charge in [-0.3, -0.25) is 9.59 Å². The van der Waals surface area contributed by atoms with Gasteiger partial charge in [-0.25, -0.2) is 0 Å². The summed E-state index contributed by atoms with van der Waals surface area (Å²) in [5.74, 6) is 0.677. The molecule has 0 radical (unpaired) electrons. The molecular formula is C16H16O5S. The zero-order chi connectivity index (χ0) is 16.1. The Labute approximate surface area is 132 Å². The third-order valence-corrected chi connectivity index (χ3v) is 3.97. The van der Waals surface area contributed by atoms with Crippen LogP contribution in [0.1, 0.15) is 33.8 Å². The highest BCUT2D eigenvalue weighted by Crippen LogP contribution is 2.36. The number of carbonyl (C=O) groups excluding carboxylic acids is 2. The lowest BCUT2D eigenvalue weighted by Crippen LogP contribution is -2.11. The van der Waals surface area contributed by atoms with Crippen molar-refractivity contribution < 1.29 is 23.8 Å². The second-order valence-electron chi connectivity index (χ2n) is 4.46. The first-order valence-electron chi connectivity index (χ1n) is 6.52. The molecule has 1 unspecified atom stereocenters. The van der Waals surface area contributed by atoms with Crippen molar-refractivity contribution in [2.45, 2.75) is 13.0 Å². The molecular weight excluding hydrogens is 304 g/mol. The molecule has 22 heavy (non-hydrogen) atoms. The Morgan fingerprint density at radius 2 is 1.91 bits per heavy atom. The van der Waals surface area contributed by atoms with Crippen LogP contribution in [-0.4, -0.2) is 26.5 Å². The summed E-state index contributed by atoms with van der Waals surface area (Å²) in [7, 11) is 3.08. The minimum Gasteiger partial charge on any atom is -0.493 e. The number of esters is 1. The molecule has 6 heteroatoms. The van der Waals surface area contributed by atoms with E-state index in [1.165, 1.54) is 25.4 Å². The quantitative estimate of drug-likeness (QED) is 0.604. The molecule has 2 aromatic rings. The van der Waals surface area contributed by atoms with Crippen LogP contribution in [0.3, 0.4) is 0 Å². The van der Waals surface area contributed by atoms with Crippen LogP contribution >= 0.6 is 11.3 Å². The number of ether oxygens (including phenoxy) is 3. The van der Waals surface area contributed by atoms with Gasteiger partial charge in [-0.15, -0.1) is 11.3 Å². The molecule has 0 amide bonds. The molecule has 0 saturated heterocycles. The van der Waals surface area contributed by atoms with Crippen LogP contribution in [0.25, 0.3) is 0 Å². The molecule has 1 aromatic heterocycles. The molecule has 0 aliphatic carbocycles. The van der Waals surface area contributed by atoms with E-state index < -0.39 is 12.1 Å². The largest absolute Gasteiger partial charge is 0.493 e. The second kappa shape index (κ2) is 7.09. The Morgan fingerprint density at radius 1 is 1.18 bits per heavy atom. The van der Waals surface area contributed by atoms with Gasteiger partial charge in [0.1, 0.15) is 0 Å². The van der Waals surface area contributed by atoms with E-state index in [9.17, 15) is 9.59 Å². The van der Waals surface area contributed by atoms with Crippen molar-refractivity contribution >= 4 is 23.6 Å². The summed E-state index contributed by atoms with van der Waals surface area (Å²) < 4.78 is 15.9. The van der Waals surface area contributed by atoms with Gasteiger partial charge in [-0.1, -0.05) is 6.07 Å². The fourth-order valence-corrected chi connectivity index (χ4v) is 2.86. The lowest BCUT2D eigenvalue weighted by atomic mass is 10.0. The lowest BCUT2D eigenvalue weighted by Gasteiger charge is -2.19.